The van der Waals surface area contributed by atoms with E-state index in [4.69, 9.17) is 4.98 Å². The van der Waals surface area contributed by atoms with Crippen LogP contribution in [0.3, 0.4) is 0 Å². The van der Waals surface area contributed by atoms with Gasteiger partial charge in [0.25, 0.3) is 0 Å². The first-order chi connectivity index (χ1) is 14.8. The zero-order chi connectivity index (χ0) is 20.3. The maximum absolute atomic E-state index is 5.07. The molecule has 0 fully saturated rings. The van der Waals surface area contributed by atoms with E-state index >= 15 is 0 Å². The van der Waals surface area contributed by atoms with E-state index in [0.29, 0.717) is 0 Å². The van der Waals surface area contributed by atoms with Gasteiger partial charge in [0.2, 0.25) is 0 Å². The molecule has 0 unspecified atom stereocenters. The molecule has 5 aromatic rings. The van der Waals surface area contributed by atoms with Crippen molar-refractivity contribution in [3.8, 4) is 39.9 Å². The van der Waals surface area contributed by atoms with Gasteiger partial charge in [-0.05, 0) is 48.5 Å². The summed E-state index contributed by atoms with van der Waals surface area (Å²) in [6, 6.07) is 30.2. The number of rotatable bonds is 4. The number of hydrogen-bond donors (Lipinski definition) is 0. The fraction of sp³-hybridized carbons (Fsp3) is 0. The van der Waals surface area contributed by atoms with Crippen molar-refractivity contribution in [2.75, 3.05) is 0 Å². The summed E-state index contributed by atoms with van der Waals surface area (Å²) >= 11 is 3.54. The second kappa shape index (κ2) is 8.05. The van der Waals surface area contributed by atoms with E-state index in [2.05, 4.69) is 54.7 Å². The molecular weight excluding hydrogens is 436 g/mol. The van der Waals surface area contributed by atoms with Crippen molar-refractivity contribution in [1.82, 2.24) is 19.5 Å². The zero-order valence-corrected chi connectivity index (χ0v) is 17.6. The second-order valence-corrected chi connectivity index (χ2v) is 7.66. The lowest BCUT2D eigenvalue weighted by Crippen LogP contribution is -2.01. The first-order valence-electron chi connectivity index (χ1n) is 9.58. The SMILES string of the molecule is Brc1ccc(-n2c(-c3ccccc3)nc(-c3ccccn3)c2-c2ccccn2)cc1. The molecule has 2 aromatic carbocycles. The van der Waals surface area contributed by atoms with Crippen molar-refractivity contribution in [3.63, 3.8) is 0 Å². The summed E-state index contributed by atoms with van der Waals surface area (Å²) < 4.78 is 3.19. The van der Waals surface area contributed by atoms with Gasteiger partial charge in [-0.25, -0.2) is 4.98 Å². The summed E-state index contributed by atoms with van der Waals surface area (Å²) in [6.45, 7) is 0. The van der Waals surface area contributed by atoms with E-state index in [-0.39, 0.29) is 0 Å². The van der Waals surface area contributed by atoms with Crippen LogP contribution in [0.4, 0.5) is 0 Å². The van der Waals surface area contributed by atoms with Crippen LogP contribution in [-0.2, 0) is 0 Å². The molecule has 5 rings (SSSR count). The minimum atomic E-state index is 0.802. The first kappa shape index (κ1) is 18.5. The summed E-state index contributed by atoms with van der Waals surface area (Å²) in [4.78, 5) is 14.3. The van der Waals surface area contributed by atoms with Gasteiger partial charge in [-0.1, -0.05) is 58.4 Å². The van der Waals surface area contributed by atoms with E-state index in [1.165, 1.54) is 0 Å². The fourth-order valence-electron chi connectivity index (χ4n) is 3.46. The summed E-state index contributed by atoms with van der Waals surface area (Å²) in [5.41, 5.74) is 5.40. The molecule has 0 N–H and O–H groups in total. The van der Waals surface area contributed by atoms with Gasteiger partial charge in [0, 0.05) is 28.1 Å². The largest absolute Gasteiger partial charge is 0.290 e. The third-order valence-electron chi connectivity index (χ3n) is 4.81. The van der Waals surface area contributed by atoms with Gasteiger partial charge >= 0.3 is 0 Å². The Hall–Kier alpha value is -3.57. The number of imidazole rings is 1. The maximum Gasteiger partial charge on any atom is 0.145 e. The number of halogens is 1. The number of nitrogens with zero attached hydrogens (tertiary/aromatic N) is 4. The summed E-state index contributed by atoms with van der Waals surface area (Å²) in [5, 5.41) is 0. The molecule has 3 aromatic heterocycles. The van der Waals surface area contributed by atoms with E-state index in [0.717, 1.165) is 44.3 Å². The Bertz CT molecular complexity index is 1270. The van der Waals surface area contributed by atoms with Crippen molar-refractivity contribution in [2.45, 2.75) is 0 Å². The van der Waals surface area contributed by atoms with Crippen molar-refractivity contribution in [1.29, 1.82) is 0 Å². The molecule has 0 radical (unpaired) electrons. The summed E-state index contributed by atoms with van der Waals surface area (Å²) in [5.74, 6) is 0.847. The minimum Gasteiger partial charge on any atom is -0.290 e. The van der Waals surface area contributed by atoms with Gasteiger partial charge in [0.1, 0.15) is 17.2 Å². The molecule has 0 aliphatic heterocycles. The molecule has 0 spiro atoms. The predicted octanol–water partition coefficient (Wildman–Crippen LogP) is 6.43. The van der Waals surface area contributed by atoms with E-state index in [9.17, 15) is 0 Å². The normalized spacial score (nSPS) is 10.8. The highest BCUT2D eigenvalue weighted by molar-refractivity contribution is 9.10. The lowest BCUT2D eigenvalue weighted by atomic mass is 10.1. The van der Waals surface area contributed by atoms with Crippen molar-refractivity contribution in [2.24, 2.45) is 0 Å². The molecule has 30 heavy (non-hydrogen) atoms. The van der Waals surface area contributed by atoms with Crippen LogP contribution in [0.1, 0.15) is 0 Å². The van der Waals surface area contributed by atoms with Crippen LogP contribution < -0.4 is 0 Å². The van der Waals surface area contributed by atoms with Gasteiger partial charge < -0.3 is 0 Å². The predicted molar refractivity (Wildman–Crippen MR) is 123 cm³/mol. The topological polar surface area (TPSA) is 43.6 Å². The number of hydrogen-bond acceptors (Lipinski definition) is 3. The van der Waals surface area contributed by atoms with Gasteiger partial charge in [0.15, 0.2) is 0 Å². The molecule has 0 atom stereocenters. The van der Waals surface area contributed by atoms with Crippen molar-refractivity contribution in [3.05, 3.63) is 108 Å². The maximum atomic E-state index is 5.07. The highest BCUT2D eigenvalue weighted by Gasteiger charge is 2.23. The Morgan fingerprint density at radius 1 is 0.633 bits per heavy atom. The Balaban J connectivity index is 1.88. The first-order valence-corrected chi connectivity index (χ1v) is 10.4. The molecule has 5 heteroatoms. The van der Waals surface area contributed by atoms with Crippen LogP contribution in [0.15, 0.2) is 108 Å². The second-order valence-electron chi connectivity index (χ2n) is 6.74. The van der Waals surface area contributed by atoms with Gasteiger partial charge in [0.05, 0.1) is 11.4 Å². The monoisotopic (exact) mass is 452 g/mol. The smallest absolute Gasteiger partial charge is 0.145 e. The van der Waals surface area contributed by atoms with Crippen molar-refractivity contribution < 1.29 is 0 Å². The Labute approximate surface area is 183 Å². The standard InChI is InChI=1S/C25H17BrN4/c26-19-12-14-20(15-13-19)30-24(22-11-5-7-17-28-22)23(21-10-4-6-16-27-21)29-25(30)18-8-2-1-3-9-18/h1-17H. The molecule has 144 valence electrons. The summed E-state index contributed by atoms with van der Waals surface area (Å²) in [6.07, 6.45) is 3.59. The molecular formula is C25H17BrN4. The molecule has 0 amide bonds. The highest BCUT2D eigenvalue weighted by Crippen LogP contribution is 2.37. The Kier molecular flexibility index (Phi) is 4.95. The van der Waals surface area contributed by atoms with Gasteiger partial charge in [-0.2, -0.15) is 0 Å². The van der Waals surface area contributed by atoms with E-state index < -0.39 is 0 Å². The van der Waals surface area contributed by atoms with E-state index in [1.54, 1.807) is 12.4 Å². The third-order valence-corrected chi connectivity index (χ3v) is 5.34. The molecule has 0 saturated carbocycles. The summed E-state index contributed by atoms with van der Waals surface area (Å²) in [7, 11) is 0. The minimum absolute atomic E-state index is 0.802. The number of benzene rings is 2. The molecule has 0 saturated heterocycles. The molecule has 3 heterocycles. The highest BCUT2D eigenvalue weighted by atomic mass is 79.9. The van der Waals surface area contributed by atoms with Crippen LogP contribution >= 0.6 is 15.9 Å². The van der Waals surface area contributed by atoms with E-state index in [1.807, 2.05) is 66.7 Å². The van der Waals surface area contributed by atoms with Crippen LogP contribution in [0.2, 0.25) is 0 Å². The lowest BCUT2D eigenvalue weighted by Gasteiger charge is -2.13. The van der Waals surface area contributed by atoms with Gasteiger partial charge in [-0.3, -0.25) is 14.5 Å². The fourth-order valence-corrected chi connectivity index (χ4v) is 3.73. The van der Waals surface area contributed by atoms with Gasteiger partial charge in [-0.15, -0.1) is 0 Å². The quantitative estimate of drug-likeness (QED) is 0.315. The van der Waals surface area contributed by atoms with Crippen LogP contribution in [0.5, 0.6) is 0 Å². The molecule has 4 nitrogen and oxygen atoms in total. The Morgan fingerprint density at radius 2 is 1.27 bits per heavy atom. The molecule has 0 bridgehead atoms. The number of pyridine rings is 2. The van der Waals surface area contributed by atoms with Crippen molar-refractivity contribution >= 4 is 15.9 Å². The van der Waals surface area contributed by atoms with Crippen LogP contribution in [0.25, 0.3) is 39.9 Å². The lowest BCUT2D eigenvalue weighted by molar-refractivity contribution is 1.06. The average Bonchev–Trinajstić information content (AvgIpc) is 3.22. The average molecular weight is 453 g/mol. The Morgan fingerprint density at radius 3 is 1.90 bits per heavy atom. The third kappa shape index (κ3) is 3.44. The molecule has 0 aliphatic rings. The zero-order valence-electron chi connectivity index (χ0n) is 16.0. The van der Waals surface area contributed by atoms with Crippen LogP contribution in [-0.4, -0.2) is 19.5 Å². The van der Waals surface area contributed by atoms with Crippen LogP contribution in [0, 0.1) is 0 Å². The molecule has 0 aliphatic carbocycles. The number of aromatic nitrogens is 4.